The molecule has 13 heteroatoms. The van der Waals surface area contributed by atoms with Gasteiger partial charge in [0.2, 0.25) is 16.0 Å². The number of pyridine rings is 2. The molecule has 0 aliphatic heterocycles. The summed E-state index contributed by atoms with van der Waals surface area (Å²) in [6.07, 6.45) is 3.86. The van der Waals surface area contributed by atoms with E-state index in [2.05, 4.69) is 24.9 Å². The largest absolute Gasteiger partial charge is 0.494 e. The van der Waals surface area contributed by atoms with Crippen LogP contribution in [-0.2, 0) is 14.8 Å². The maximum atomic E-state index is 13.6. The van der Waals surface area contributed by atoms with Crippen LogP contribution in [0.3, 0.4) is 0 Å². The lowest BCUT2D eigenvalue weighted by Crippen LogP contribution is -2.33. The molecule has 0 bridgehead atoms. The van der Waals surface area contributed by atoms with Gasteiger partial charge in [0.1, 0.15) is 28.5 Å². The van der Waals surface area contributed by atoms with Crippen molar-refractivity contribution in [3.05, 3.63) is 71.3 Å². The van der Waals surface area contributed by atoms with Crippen LogP contribution < -0.4 is 14.2 Å². The van der Waals surface area contributed by atoms with Gasteiger partial charge in [-0.25, -0.2) is 8.42 Å². The van der Waals surface area contributed by atoms with Crippen molar-refractivity contribution in [2.75, 3.05) is 26.1 Å². The molecule has 0 saturated carbocycles. The van der Waals surface area contributed by atoms with Crippen LogP contribution in [-0.4, -0.2) is 59.7 Å². The predicted octanol–water partition coefficient (Wildman–Crippen LogP) is 4.22. The molecule has 0 aliphatic carbocycles. The summed E-state index contributed by atoms with van der Waals surface area (Å²) in [6.45, 7) is 3.41. The molecule has 0 spiro atoms. The first-order chi connectivity index (χ1) is 18.2. The van der Waals surface area contributed by atoms with E-state index in [0.29, 0.717) is 39.3 Å². The van der Waals surface area contributed by atoms with Gasteiger partial charge in [-0.3, -0.25) is 19.3 Å². The Morgan fingerprint density at radius 2 is 1.71 bits per heavy atom. The van der Waals surface area contributed by atoms with E-state index >= 15 is 0 Å². The van der Waals surface area contributed by atoms with E-state index in [4.69, 9.17) is 25.8 Å². The summed E-state index contributed by atoms with van der Waals surface area (Å²) in [6, 6.07) is 10.3. The topological polar surface area (TPSA) is 130 Å². The number of sulfonamides is 1. The number of ether oxygens (including phenoxy) is 3. The van der Waals surface area contributed by atoms with Crippen molar-refractivity contribution in [1.29, 1.82) is 0 Å². The molecule has 1 N–H and O–H groups in total. The number of nitrogens with one attached hydrogen (secondary N) is 1. The van der Waals surface area contributed by atoms with Crippen LogP contribution in [0.5, 0.6) is 11.5 Å². The Kier molecular flexibility index (Phi) is 8.14. The van der Waals surface area contributed by atoms with E-state index in [1.807, 2.05) is 13.0 Å². The number of methoxy groups -OCH3 is 3. The summed E-state index contributed by atoms with van der Waals surface area (Å²) < 4.78 is 48.1. The number of nitrogens with zero attached hydrogens (tertiary/aromatic N) is 5. The zero-order chi connectivity index (χ0) is 27.4. The highest BCUT2D eigenvalue weighted by molar-refractivity contribution is 7.93. The van der Waals surface area contributed by atoms with Gasteiger partial charge in [-0.05, 0) is 49.7 Å². The SMILES string of the molecule is COc1cccc(OC)c1-n1c(NS(=O)(=O)[C@@H](C)[C@H](OC)c2ccc(Cl)cn2)nnc1-c1cncc(C)c1. The van der Waals surface area contributed by atoms with Crippen molar-refractivity contribution in [1.82, 2.24) is 24.7 Å². The van der Waals surface area contributed by atoms with Gasteiger partial charge < -0.3 is 14.2 Å². The van der Waals surface area contributed by atoms with Gasteiger partial charge in [-0.1, -0.05) is 17.7 Å². The first kappa shape index (κ1) is 27.3. The molecular weight excluding hydrogens is 532 g/mol. The normalized spacial score (nSPS) is 13.1. The molecule has 11 nitrogen and oxygen atoms in total. The van der Waals surface area contributed by atoms with E-state index in [1.54, 1.807) is 42.7 Å². The van der Waals surface area contributed by atoms with Crippen LogP contribution in [0.1, 0.15) is 24.3 Å². The third-order valence-electron chi connectivity index (χ3n) is 5.87. The summed E-state index contributed by atoms with van der Waals surface area (Å²) in [4.78, 5) is 8.48. The Labute approximate surface area is 225 Å². The lowest BCUT2D eigenvalue weighted by atomic mass is 10.2. The van der Waals surface area contributed by atoms with E-state index in [1.165, 1.54) is 39.0 Å². The molecule has 0 radical (unpaired) electrons. The second-order valence-electron chi connectivity index (χ2n) is 8.35. The minimum absolute atomic E-state index is 0.0740. The van der Waals surface area contributed by atoms with Crippen LogP contribution in [0.25, 0.3) is 17.1 Å². The standard InChI is InChI=1S/C25H27ClN6O5S/c1-15-11-17(13-27-12-15)24-29-30-25(32(24)22-20(35-3)7-6-8-21(22)36-4)31-38(33,34)16(2)23(37-5)19-10-9-18(26)14-28-19/h6-14,16,23H,1-5H3,(H,30,31)/t16-,23-/m0/s1. The van der Waals surface area contributed by atoms with Crippen molar-refractivity contribution in [3.8, 4) is 28.6 Å². The predicted molar refractivity (Wildman–Crippen MR) is 143 cm³/mol. The van der Waals surface area contributed by atoms with Crippen LogP contribution in [0.15, 0.2) is 55.0 Å². The first-order valence-corrected chi connectivity index (χ1v) is 13.4. The van der Waals surface area contributed by atoms with Crippen molar-refractivity contribution >= 4 is 27.6 Å². The average molecular weight is 559 g/mol. The Morgan fingerprint density at radius 1 is 1.00 bits per heavy atom. The van der Waals surface area contributed by atoms with Crippen LogP contribution in [0, 0.1) is 6.92 Å². The monoisotopic (exact) mass is 558 g/mol. The highest BCUT2D eigenvalue weighted by Crippen LogP contribution is 2.38. The fourth-order valence-electron chi connectivity index (χ4n) is 3.97. The van der Waals surface area contributed by atoms with Crippen molar-refractivity contribution in [2.24, 2.45) is 0 Å². The number of hydrogen-bond acceptors (Lipinski definition) is 9. The number of rotatable bonds is 10. The minimum Gasteiger partial charge on any atom is -0.494 e. The van der Waals surface area contributed by atoms with Gasteiger partial charge in [-0.2, -0.15) is 0 Å². The number of benzene rings is 1. The third kappa shape index (κ3) is 5.42. The van der Waals surface area contributed by atoms with Crippen molar-refractivity contribution in [2.45, 2.75) is 25.2 Å². The second kappa shape index (κ2) is 11.3. The fourth-order valence-corrected chi connectivity index (χ4v) is 5.23. The summed E-state index contributed by atoms with van der Waals surface area (Å²) in [7, 11) is 0.326. The Hall–Kier alpha value is -3.74. The molecule has 4 aromatic rings. The average Bonchev–Trinajstić information content (AvgIpc) is 3.31. The summed E-state index contributed by atoms with van der Waals surface area (Å²) in [5.41, 5.74) is 2.32. The van der Waals surface area contributed by atoms with E-state index in [-0.39, 0.29) is 5.95 Å². The Balaban J connectivity index is 1.84. The van der Waals surface area contributed by atoms with Gasteiger partial charge in [0.05, 0.1) is 24.9 Å². The molecule has 38 heavy (non-hydrogen) atoms. The van der Waals surface area contributed by atoms with Gasteiger partial charge in [0.15, 0.2) is 5.82 Å². The second-order valence-corrected chi connectivity index (χ2v) is 10.8. The highest BCUT2D eigenvalue weighted by Gasteiger charge is 2.34. The van der Waals surface area contributed by atoms with Crippen molar-refractivity contribution in [3.63, 3.8) is 0 Å². The Bertz CT molecular complexity index is 1510. The van der Waals surface area contributed by atoms with E-state index in [0.717, 1.165) is 5.56 Å². The van der Waals surface area contributed by atoms with E-state index in [9.17, 15) is 8.42 Å². The van der Waals surface area contributed by atoms with E-state index < -0.39 is 21.4 Å². The molecule has 1 aromatic carbocycles. The summed E-state index contributed by atoms with van der Waals surface area (Å²) in [5, 5.41) is 7.86. The van der Waals surface area contributed by atoms with Gasteiger partial charge >= 0.3 is 0 Å². The summed E-state index contributed by atoms with van der Waals surface area (Å²) in [5.74, 6) is 1.09. The maximum Gasteiger partial charge on any atom is 0.243 e. The molecule has 0 fully saturated rings. The van der Waals surface area contributed by atoms with Crippen LogP contribution in [0.4, 0.5) is 5.95 Å². The molecule has 0 saturated heterocycles. The van der Waals surface area contributed by atoms with Gasteiger partial charge in [0, 0.05) is 31.3 Å². The number of anilines is 1. The maximum absolute atomic E-state index is 13.6. The molecule has 0 unspecified atom stereocenters. The zero-order valence-electron chi connectivity index (χ0n) is 21.4. The number of aryl methyl sites for hydroxylation is 1. The van der Waals surface area contributed by atoms with Crippen LogP contribution in [0.2, 0.25) is 5.02 Å². The van der Waals surface area contributed by atoms with Gasteiger partial charge in [-0.15, -0.1) is 10.2 Å². The highest BCUT2D eigenvalue weighted by atomic mass is 35.5. The summed E-state index contributed by atoms with van der Waals surface area (Å²) >= 11 is 5.95. The molecule has 3 aromatic heterocycles. The first-order valence-electron chi connectivity index (χ1n) is 11.4. The quantitative estimate of drug-likeness (QED) is 0.304. The minimum atomic E-state index is -4.10. The number of aromatic nitrogens is 5. The third-order valence-corrected chi connectivity index (χ3v) is 7.78. The zero-order valence-corrected chi connectivity index (χ0v) is 23.0. The fraction of sp³-hybridized carbons (Fsp3) is 0.280. The molecule has 0 amide bonds. The molecule has 0 aliphatic rings. The number of para-hydroxylation sites is 1. The van der Waals surface area contributed by atoms with Gasteiger partial charge in [0.25, 0.3) is 0 Å². The molecule has 2 atom stereocenters. The smallest absolute Gasteiger partial charge is 0.243 e. The lowest BCUT2D eigenvalue weighted by molar-refractivity contribution is 0.0989. The molecule has 4 rings (SSSR count). The lowest BCUT2D eigenvalue weighted by Gasteiger charge is -2.23. The molecule has 200 valence electrons. The Morgan fingerprint density at radius 3 is 2.29 bits per heavy atom. The van der Waals surface area contributed by atoms with Crippen LogP contribution >= 0.6 is 11.6 Å². The van der Waals surface area contributed by atoms with Crippen molar-refractivity contribution < 1.29 is 22.6 Å². The number of hydrogen-bond donors (Lipinski definition) is 1. The molecular formula is C25H27ClN6O5S. The number of halogens is 1. The molecule has 3 heterocycles.